The van der Waals surface area contributed by atoms with Gasteiger partial charge in [-0.05, 0) is 65.6 Å². The summed E-state index contributed by atoms with van der Waals surface area (Å²) in [5.41, 5.74) is 3.97. The van der Waals surface area contributed by atoms with Gasteiger partial charge in [-0.15, -0.1) is 0 Å². The molecule has 2 aromatic carbocycles. The molecule has 178 valence electrons. The van der Waals surface area contributed by atoms with Crippen LogP contribution in [-0.4, -0.2) is 27.5 Å². The van der Waals surface area contributed by atoms with Crippen LogP contribution in [0.15, 0.2) is 79.1 Å². The van der Waals surface area contributed by atoms with Crippen molar-refractivity contribution in [1.29, 1.82) is 0 Å². The topological polar surface area (TPSA) is 87.1 Å². The predicted molar refractivity (Wildman–Crippen MR) is 135 cm³/mol. The van der Waals surface area contributed by atoms with E-state index < -0.39 is 0 Å². The Morgan fingerprint density at radius 1 is 1.00 bits per heavy atom. The van der Waals surface area contributed by atoms with E-state index in [2.05, 4.69) is 20.6 Å². The minimum atomic E-state index is -0.295. The smallest absolute Gasteiger partial charge is 0.255 e. The van der Waals surface area contributed by atoms with Gasteiger partial charge in [0.1, 0.15) is 11.6 Å². The lowest BCUT2D eigenvalue weighted by Crippen LogP contribution is -2.25. The Labute approximate surface area is 207 Å². The lowest BCUT2D eigenvalue weighted by molar-refractivity contribution is 0.0951. The predicted octanol–water partition coefficient (Wildman–Crippen LogP) is 5.01. The SMILES string of the molecule is O=C(NCc1cccnc1)c1ccc(-c2cc(CO)ccc2Cl)nc1NCCc1cccc(F)c1. The molecule has 8 heteroatoms. The van der Waals surface area contributed by atoms with Gasteiger partial charge in [-0.2, -0.15) is 0 Å². The van der Waals surface area contributed by atoms with Gasteiger partial charge in [0.05, 0.1) is 17.9 Å². The first-order valence-corrected chi connectivity index (χ1v) is 11.5. The number of hydrogen-bond donors (Lipinski definition) is 3. The van der Waals surface area contributed by atoms with E-state index in [1.165, 1.54) is 12.1 Å². The third kappa shape index (κ3) is 6.41. The highest BCUT2D eigenvalue weighted by atomic mass is 35.5. The van der Waals surface area contributed by atoms with Gasteiger partial charge < -0.3 is 15.7 Å². The van der Waals surface area contributed by atoms with Crippen LogP contribution in [0.2, 0.25) is 5.02 Å². The molecule has 0 saturated heterocycles. The molecular formula is C27H24ClFN4O2. The highest BCUT2D eigenvalue weighted by Crippen LogP contribution is 2.29. The van der Waals surface area contributed by atoms with E-state index in [1.54, 1.807) is 48.8 Å². The van der Waals surface area contributed by atoms with Gasteiger partial charge in [0, 0.05) is 36.1 Å². The summed E-state index contributed by atoms with van der Waals surface area (Å²) in [5.74, 6) is -0.207. The molecule has 0 radical (unpaired) electrons. The Bertz CT molecular complexity index is 1320. The molecular weight excluding hydrogens is 467 g/mol. The van der Waals surface area contributed by atoms with Crippen LogP contribution in [0.4, 0.5) is 10.2 Å². The second kappa shape index (κ2) is 11.6. The lowest BCUT2D eigenvalue weighted by Gasteiger charge is -2.14. The zero-order valence-electron chi connectivity index (χ0n) is 18.8. The Morgan fingerprint density at radius 2 is 1.86 bits per heavy atom. The molecule has 0 aliphatic rings. The van der Waals surface area contributed by atoms with Crippen LogP contribution < -0.4 is 10.6 Å². The maximum absolute atomic E-state index is 13.5. The second-order valence-corrected chi connectivity index (χ2v) is 8.32. The molecule has 0 aliphatic heterocycles. The molecule has 4 rings (SSSR count). The number of rotatable bonds is 9. The number of nitrogens with one attached hydrogen (secondary N) is 2. The number of halogens is 2. The van der Waals surface area contributed by atoms with E-state index in [0.717, 1.165) is 11.1 Å². The van der Waals surface area contributed by atoms with Crippen LogP contribution in [0.25, 0.3) is 11.3 Å². The van der Waals surface area contributed by atoms with Crippen LogP contribution in [0.5, 0.6) is 0 Å². The molecule has 35 heavy (non-hydrogen) atoms. The molecule has 6 nitrogen and oxygen atoms in total. The van der Waals surface area contributed by atoms with Crippen molar-refractivity contribution < 1.29 is 14.3 Å². The summed E-state index contributed by atoms with van der Waals surface area (Å²) in [7, 11) is 0. The van der Waals surface area contributed by atoms with E-state index in [0.29, 0.717) is 52.7 Å². The van der Waals surface area contributed by atoms with Gasteiger partial charge in [-0.3, -0.25) is 9.78 Å². The second-order valence-electron chi connectivity index (χ2n) is 7.92. The third-order valence-corrected chi connectivity index (χ3v) is 5.73. The average Bonchev–Trinajstić information content (AvgIpc) is 2.88. The molecule has 0 unspecified atom stereocenters. The Balaban J connectivity index is 1.59. The minimum absolute atomic E-state index is 0.127. The van der Waals surface area contributed by atoms with Crippen molar-refractivity contribution in [2.75, 3.05) is 11.9 Å². The Kier molecular flexibility index (Phi) is 8.03. The quantitative estimate of drug-likeness (QED) is 0.307. The van der Waals surface area contributed by atoms with Gasteiger partial charge in [-0.1, -0.05) is 35.9 Å². The van der Waals surface area contributed by atoms with Crippen LogP contribution in [0.3, 0.4) is 0 Å². The van der Waals surface area contributed by atoms with Crippen LogP contribution in [0.1, 0.15) is 27.0 Å². The van der Waals surface area contributed by atoms with Crippen molar-refractivity contribution >= 4 is 23.3 Å². The number of carbonyl (C=O) groups is 1. The van der Waals surface area contributed by atoms with Crippen molar-refractivity contribution in [3.05, 3.63) is 112 Å². The van der Waals surface area contributed by atoms with Crippen LogP contribution in [-0.2, 0) is 19.6 Å². The highest BCUT2D eigenvalue weighted by molar-refractivity contribution is 6.33. The monoisotopic (exact) mass is 490 g/mol. The van der Waals surface area contributed by atoms with Crippen molar-refractivity contribution in [3.63, 3.8) is 0 Å². The first kappa shape index (κ1) is 24.3. The van der Waals surface area contributed by atoms with Crippen molar-refractivity contribution in [1.82, 2.24) is 15.3 Å². The Morgan fingerprint density at radius 3 is 2.63 bits per heavy atom. The zero-order valence-corrected chi connectivity index (χ0v) is 19.6. The van der Waals surface area contributed by atoms with Gasteiger partial charge in [0.2, 0.25) is 0 Å². The number of nitrogens with zero attached hydrogens (tertiary/aromatic N) is 2. The normalized spacial score (nSPS) is 10.7. The van der Waals surface area contributed by atoms with Gasteiger partial charge in [0.25, 0.3) is 5.91 Å². The molecule has 0 bridgehead atoms. The molecule has 0 saturated carbocycles. The van der Waals surface area contributed by atoms with E-state index in [4.69, 9.17) is 11.6 Å². The van der Waals surface area contributed by atoms with Crippen LogP contribution >= 0.6 is 11.6 Å². The van der Waals surface area contributed by atoms with E-state index in [9.17, 15) is 14.3 Å². The number of hydrogen-bond acceptors (Lipinski definition) is 5. The summed E-state index contributed by atoms with van der Waals surface area (Å²) in [6.45, 7) is 0.631. The van der Waals surface area contributed by atoms with Gasteiger partial charge in [-0.25, -0.2) is 9.37 Å². The molecule has 2 aromatic heterocycles. The maximum Gasteiger partial charge on any atom is 0.255 e. The number of aliphatic hydroxyl groups excluding tert-OH is 1. The number of anilines is 1. The van der Waals surface area contributed by atoms with Crippen LogP contribution in [0, 0.1) is 5.82 Å². The number of benzene rings is 2. The number of pyridine rings is 2. The van der Waals surface area contributed by atoms with Crippen molar-refractivity contribution in [2.24, 2.45) is 0 Å². The van der Waals surface area contributed by atoms with E-state index in [1.807, 2.05) is 18.2 Å². The molecule has 0 spiro atoms. The summed E-state index contributed by atoms with van der Waals surface area (Å²) in [6, 6.07) is 18.7. The summed E-state index contributed by atoms with van der Waals surface area (Å²) in [6.07, 6.45) is 3.91. The molecule has 2 heterocycles. The fourth-order valence-corrected chi connectivity index (χ4v) is 3.81. The zero-order chi connectivity index (χ0) is 24.6. The van der Waals surface area contributed by atoms with Gasteiger partial charge in [0.15, 0.2) is 0 Å². The minimum Gasteiger partial charge on any atom is -0.392 e. The van der Waals surface area contributed by atoms with Crippen molar-refractivity contribution in [2.45, 2.75) is 19.6 Å². The fraction of sp³-hybridized carbons (Fsp3) is 0.148. The molecule has 3 N–H and O–H groups in total. The molecule has 1 amide bonds. The standard InChI is InChI=1S/C27H24ClFN4O2/c28-24-8-6-19(17-34)14-23(24)25-9-7-22(27(35)32-16-20-4-2-11-30-15-20)26(33-25)31-12-10-18-3-1-5-21(29)13-18/h1-9,11,13-15,34H,10,12,16-17H2,(H,31,33)(H,32,35). The van der Waals surface area contributed by atoms with E-state index in [-0.39, 0.29) is 18.3 Å². The summed E-state index contributed by atoms with van der Waals surface area (Å²) in [4.78, 5) is 21.8. The van der Waals surface area contributed by atoms with Gasteiger partial charge >= 0.3 is 0 Å². The third-order valence-electron chi connectivity index (χ3n) is 5.40. The highest BCUT2D eigenvalue weighted by Gasteiger charge is 2.16. The summed E-state index contributed by atoms with van der Waals surface area (Å²) in [5, 5.41) is 16.1. The largest absolute Gasteiger partial charge is 0.392 e. The van der Waals surface area contributed by atoms with E-state index >= 15 is 0 Å². The summed E-state index contributed by atoms with van der Waals surface area (Å²) < 4.78 is 13.5. The Hall–Kier alpha value is -3.81. The first-order chi connectivity index (χ1) is 17.0. The lowest BCUT2D eigenvalue weighted by atomic mass is 10.1. The number of amides is 1. The average molecular weight is 491 g/mol. The molecule has 4 aromatic rings. The molecule has 0 atom stereocenters. The van der Waals surface area contributed by atoms with Crippen molar-refractivity contribution in [3.8, 4) is 11.3 Å². The number of aromatic nitrogens is 2. The maximum atomic E-state index is 13.5. The number of aliphatic hydroxyl groups is 1. The molecule has 0 aliphatic carbocycles. The molecule has 0 fully saturated rings. The number of carbonyl (C=O) groups excluding carboxylic acids is 1. The fourth-order valence-electron chi connectivity index (χ4n) is 3.59. The summed E-state index contributed by atoms with van der Waals surface area (Å²) >= 11 is 6.40. The first-order valence-electron chi connectivity index (χ1n) is 11.1.